The second-order valence-electron chi connectivity index (χ2n) is 4.91. The first-order chi connectivity index (χ1) is 10.5. The number of halogens is 1. The Morgan fingerprint density at radius 2 is 1.95 bits per heavy atom. The second kappa shape index (κ2) is 7.13. The Hall–Kier alpha value is -2.28. The van der Waals surface area contributed by atoms with Crippen LogP contribution in [-0.2, 0) is 4.79 Å². The number of amides is 2. The quantitative estimate of drug-likeness (QED) is 0.627. The minimum absolute atomic E-state index is 0.0681. The first-order valence-electron chi connectivity index (χ1n) is 6.70. The number of anilines is 1. The smallest absolute Gasteiger partial charge is 0.286 e. The lowest BCUT2D eigenvalue weighted by atomic mass is 10.1. The van der Waals surface area contributed by atoms with Gasteiger partial charge < -0.3 is 10.3 Å². The van der Waals surface area contributed by atoms with Crippen molar-refractivity contribution < 1.29 is 9.59 Å². The van der Waals surface area contributed by atoms with Gasteiger partial charge in [-0.1, -0.05) is 17.7 Å². The van der Waals surface area contributed by atoms with E-state index in [1.54, 1.807) is 12.3 Å². The van der Waals surface area contributed by atoms with Gasteiger partial charge in [-0.25, -0.2) is 0 Å². The number of hydrazine groups is 1. The maximum atomic E-state index is 11.7. The predicted molar refractivity (Wildman–Crippen MR) is 88.5 cm³/mol. The molecule has 0 aliphatic heterocycles. The van der Waals surface area contributed by atoms with E-state index in [0.717, 1.165) is 21.3 Å². The fourth-order valence-electron chi connectivity index (χ4n) is 1.92. The summed E-state index contributed by atoms with van der Waals surface area (Å²) < 4.78 is 0.764. The summed E-state index contributed by atoms with van der Waals surface area (Å²) in [5.41, 5.74) is 8.17. The van der Waals surface area contributed by atoms with Crippen molar-refractivity contribution in [2.45, 2.75) is 13.8 Å². The van der Waals surface area contributed by atoms with E-state index in [-0.39, 0.29) is 12.5 Å². The van der Waals surface area contributed by atoms with Gasteiger partial charge in [0.15, 0.2) is 0 Å². The van der Waals surface area contributed by atoms with E-state index < -0.39 is 5.91 Å². The van der Waals surface area contributed by atoms with Gasteiger partial charge >= 0.3 is 0 Å². The molecule has 22 heavy (non-hydrogen) atoms. The molecule has 0 radical (unpaired) electrons. The Labute approximate surface area is 136 Å². The van der Waals surface area contributed by atoms with Crippen LogP contribution in [0.1, 0.15) is 21.6 Å². The summed E-state index contributed by atoms with van der Waals surface area (Å²) in [6, 6.07) is 7.55. The molecule has 116 valence electrons. The van der Waals surface area contributed by atoms with Crippen LogP contribution in [0, 0.1) is 13.8 Å². The molecular weight excluding hydrogens is 348 g/mol. The Balaban J connectivity index is 1.79. The van der Waals surface area contributed by atoms with E-state index in [9.17, 15) is 9.59 Å². The summed E-state index contributed by atoms with van der Waals surface area (Å²) in [4.78, 5) is 26.2. The maximum absolute atomic E-state index is 11.7. The highest BCUT2D eigenvalue weighted by molar-refractivity contribution is 9.10. The second-order valence-corrected chi connectivity index (χ2v) is 5.82. The highest BCUT2D eigenvalue weighted by atomic mass is 79.9. The number of aryl methyl sites for hydroxylation is 2. The van der Waals surface area contributed by atoms with E-state index in [4.69, 9.17) is 0 Å². The van der Waals surface area contributed by atoms with Crippen molar-refractivity contribution in [3.63, 3.8) is 0 Å². The van der Waals surface area contributed by atoms with Gasteiger partial charge in [-0.05, 0) is 47.5 Å². The van der Waals surface area contributed by atoms with Crippen molar-refractivity contribution >= 4 is 33.4 Å². The normalized spacial score (nSPS) is 10.1. The predicted octanol–water partition coefficient (Wildman–Crippen LogP) is 2.27. The fourth-order valence-corrected chi connectivity index (χ4v) is 2.27. The third-order valence-corrected chi connectivity index (χ3v) is 3.49. The standard InChI is InChI=1S/C15H17BrN4O2/c1-9-3-4-12(10(2)5-9)18-8-14(21)19-20-15(22)13-6-11(16)7-17-13/h3-7,17-18H,8H2,1-2H3,(H,19,21)(H,20,22). The Morgan fingerprint density at radius 3 is 2.59 bits per heavy atom. The number of aromatic nitrogens is 1. The first kappa shape index (κ1) is 16.1. The fraction of sp³-hybridized carbons (Fsp3) is 0.200. The minimum Gasteiger partial charge on any atom is -0.376 e. The number of hydrogen-bond acceptors (Lipinski definition) is 3. The topological polar surface area (TPSA) is 86.0 Å². The molecule has 0 aliphatic rings. The van der Waals surface area contributed by atoms with Crippen LogP contribution < -0.4 is 16.2 Å². The molecule has 1 aromatic heterocycles. The molecular formula is C15H17BrN4O2. The molecule has 0 saturated carbocycles. The molecule has 2 rings (SSSR count). The third-order valence-electron chi connectivity index (χ3n) is 3.03. The number of carbonyl (C=O) groups excluding carboxylic acids is 2. The summed E-state index contributed by atoms with van der Waals surface area (Å²) in [5.74, 6) is -0.746. The van der Waals surface area contributed by atoms with Crippen LogP contribution in [0.25, 0.3) is 0 Å². The number of nitrogens with one attached hydrogen (secondary N) is 4. The number of carbonyl (C=O) groups is 2. The van der Waals surface area contributed by atoms with Crippen molar-refractivity contribution in [2.24, 2.45) is 0 Å². The van der Waals surface area contributed by atoms with Crippen LogP contribution in [0.3, 0.4) is 0 Å². The molecule has 2 aromatic rings. The summed E-state index contributed by atoms with van der Waals surface area (Å²) in [5, 5.41) is 3.03. The van der Waals surface area contributed by atoms with E-state index in [2.05, 4.69) is 37.1 Å². The number of rotatable bonds is 4. The SMILES string of the molecule is Cc1ccc(NCC(=O)NNC(=O)c2cc(Br)c[nH]2)c(C)c1. The van der Waals surface area contributed by atoms with Crippen LogP contribution in [0.15, 0.2) is 34.9 Å². The highest BCUT2D eigenvalue weighted by Gasteiger charge is 2.09. The van der Waals surface area contributed by atoms with Gasteiger partial charge in [-0.15, -0.1) is 0 Å². The lowest BCUT2D eigenvalue weighted by molar-refractivity contribution is -0.120. The van der Waals surface area contributed by atoms with Crippen LogP contribution in [0.2, 0.25) is 0 Å². The van der Waals surface area contributed by atoms with Crippen LogP contribution in [0.4, 0.5) is 5.69 Å². The molecule has 7 heteroatoms. The lowest BCUT2D eigenvalue weighted by Crippen LogP contribution is -2.44. The molecule has 0 saturated heterocycles. The van der Waals surface area contributed by atoms with Crippen LogP contribution in [0.5, 0.6) is 0 Å². The number of aromatic amines is 1. The molecule has 6 nitrogen and oxygen atoms in total. The van der Waals surface area contributed by atoms with Crippen LogP contribution in [-0.4, -0.2) is 23.3 Å². The van der Waals surface area contributed by atoms with Gasteiger partial charge in [0.2, 0.25) is 0 Å². The van der Waals surface area contributed by atoms with Gasteiger partial charge in [-0.2, -0.15) is 0 Å². The molecule has 0 aliphatic carbocycles. The van der Waals surface area contributed by atoms with Gasteiger partial charge in [0.05, 0.1) is 6.54 Å². The highest BCUT2D eigenvalue weighted by Crippen LogP contribution is 2.15. The molecule has 0 bridgehead atoms. The zero-order valence-electron chi connectivity index (χ0n) is 12.3. The lowest BCUT2D eigenvalue weighted by Gasteiger charge is -2.11. The summed E-state index contributed by atoms with van der Waals surface area (Å²) in [6.45, 7) is 4.05. The molecule has 1 heterocycles. The average molecular weight is 365 g/mol. The van der Waals surface area contributed by atoms with E-state index >= 15 is 0 Å². The molecule has 2 amide bonds. The van der Waals surface area contributed by atoms with Crippen molar-refractivity contribution in [3.8, 4) is 0 Å². The maximum Gasteiger partial charge on any atom is 0.286 e. The van der Waals surface area contributed by atoms with E-state index in [1.165, 1.54) is 0 Å². The van der Waals surface area contributed by atoms with Gasteiger partial charge in [-0.3, -0.25) is 20.4 Å². The molecule has 0 atom stereocenters. The molecule has 1 aromatic carbocycles. The van der Waals surface area contributed by atoms with Gasteiger partial charge in [0.1, 0.15) is 5.69 Å². The molecule has 0 spiro atoms. The largest absolute Gasteiger partial charge is 0.376 e. The third kappa shape index (κ3) is 4.36. The van der Waals surface area contributed by atoms with Crippen LogP contribution >= 0.6 is 15.9 Å². The summed E-state index contributed by atoms with van der Waals surface area (Å²) >= 11 is 3.23. The Bertz CT molecular complexity index is 697. The summed E-state index contributed by atoms with van der Waals surface area (Å²) in [7, 11) is 0. The van der Waals surface area contributed by atoms with Crippen molar-refractivity contribution in [2.75, 3.05) is 11.9 Å². The van der Waals surface area contributed by atoms with Crippen molar-refractivity contribution in [3.05, 3.63) is 51.8 Å². The number of benzene rings is 1. The zero-order valence-corrected chi connectivity index (χ0v) is 13.9. The Morgan fingerprint density at radius 1 is 1.18 bits per heavy atom. The zero-order chi connectivity index (χ0) is 16.1. The van der Waals surface area contributed by atoms with Crippen molar-refractivity contribution in [1.82, 2.24) is 15.8 Å². The molecule has 0 unspecified atom stereocenters. The Kier molecular flexibility index (Phi) is 5.21. The molecule has 0 fully saturated rings. The van der Waals surface area contributed by atoms with E-state index in [1.807, 2.05) is 32.0 Å². The number of H-pyrrole nitrogens is 1. The average Bonchev–Trinajstić information content (AvgIpc) is 2.90. The first-order valence-corrected chi connectivity index (χ1v) is 7.49. The monoisotopic (exact) mass is 364 g/mol. The molecule has 4 N–H and O–H groups in total. The minimum atomic E-state index is -0.412. The van der Waals surface area contributed by atoms with E-state index in [0.29, 0.717) is 5.69 Å². The van der Waals surface area contributed by atoms with Gasteiger partial charge in [0, 0.05) is 16.4 Å². The van der Waals surface area contributed by atoms with Crippen molar-refractivity contribution in [1.29, 1.82) is 0 Å². The summed E-state index contributed by atoms with van der Waals surface area (Å²) in [6.07, 6.45) is 1.64. The van der Waals surface area contributed by atoms with Gasteiger partial charge in [0.25, 0.3) is 11.8 Å². The number of hydrogen-bond donors (Lipinski definition) is 4.